The van der Waals surface area contributed by atoms with Gasteiger partial charge in [-0.15, -0.1) is 0 Å². The molecule has 3 aromatic carbocycles. The van der Waals surface area contributed by atoms with Gasteiger partial charge in [0.1, 0.15) is 23.9 Å². The van der Waals surface area contributed by atoms with Gasteiger partial charge in [0.25, 0.3) is 10.0 Å². The molecule has 0 heterocycles. The van der Waals surface area contributed by atoms with Gasteiger partial charge in [0.2, 0.25) is 5.91 Å². The summed E-state index contributed by atoms with van der Waals surface area (Å²) in [5.41, 5.74) is 0.473. The lowest BCUT2D eigenvalue weighted by Gasteiger charge is -2.26. The molecule has 9 heteroatoms. The molecule has 3 aromatic rings. The van der Waals surface area contributed by atoms with Gasteiger partial charge < -0.3 is 14.8 Å². The highest BCUT2D eigenvalue weighted by atomic mass is 32.2. The number of nitrogens with one attached hydrogen (secondary N) is 1. The highest BCUT2D eigenvalue weighted by Gasteiger charge is 2.30. The molecule has 0 atom stereocenters. The van der Waals surface area contributed by atoms with E-state index in [0.717, 1.165) is 4.31 Å². The molecule has 0 saturated heterocycles. The summed E-state index contributed by atoms with van der Waals surface area (Å²) >= 11 is 0. The van der Waals surface area contributed by atoms with Crippen LogP contribution in [0.3, 0.4) is 0 Å². The van der Waals surface area contributed by atoms with Crippen molar-refractivity contribution in [2.75, 3.05) is 30.4 Å². The van der Waals surface area contributed by atoms with E-state index in [-0.39, 0.29) is 16.3 Å². The number of halogens is 1. The molecule has 0 aliphatic rings. The van der Waals surface area contributed by atoms with E-state index in [0.29, 0.717) is 11.4 Å². The molecule has 1 N–H and O–H groups in total. The van der Waals surface area contributed by atoms with Crippen LogP contribution < -0.4 is 19.1 Å². The molecule has 0 aliphatic carbocycles. The maximum atomic E-state index is 13.4. The van der Waals surface area contributed by atoms with Crippen LogP contribution in [0.1, 0.15) is 0 Å². The summed E-state index contributed by atoms with van der Waals surface area (Å²) in [7, 11) is -1.28. The van der Waals surface area contributed by atoms with E-state index < -0.39 is 28.3 Å². The number of sulfonamides is 1. The molecule has 0 aromatic heterocycles. The second kappa shape index (κ2) is 9.48. The second-order valence-corrected chi connectivity index (χ2v) is 8.28. The van der Waals surface area contributed by atoms with Crippen LogP contribution in [0.4, 0.5) is 15.8 Å². The van der Waals surface area contributed by atoms with Crippen LogP contribution >= 0.6 is 0 Å². The van der Waals surface area contributed by atoms with E-state index in [9.17, 15) is 17.6 Å². The Hall–Kier alpha value is -3.59. The van der Waals surface area contributed by atoms with Gasteiger partial charge in [-0.25, -0.2) is 12.8 Å². The molecular weight excluding hydrogens is 423 g/mol. The van der Waals surface area contributed by atoms with Gasteiger partial charge in [0, 0.05) is 11.8 Å². The van der Waals surface area contributed by atoms with E-state index in [1.54, 1.807) is 30.3 Å². The fraction of sp³-hybridized carbons (Fsp3) is 0.136. The Morgan fingerprint density at radius 3 is 2.26 bits per heavy atom. The number of ether oxygens (including phenoxy) is 2. The molecule has 0 radical (unpaired) electrons. The Bertz CT molecular complexity index is 1150. The molecule has 0 spiro atoms. The van der Waals surface area contributed by atoms with Crippen molar-refractivity contribution < 1.29 is 27.1 Å². The van der Waals surface area contributed by atoms with Crippen molar-refractivity contribution >= 4 is 27.3 Å². The SMILES string of the molecule is COc1ccc(OC)c(N(CC(=O)Nc2ccc(F)cc2)S(=O)(=O)c2ccccc2)c1. The first-order valence-electron chi connectivity index (χ1n) is 9.20. The Balaban J connectivity index is 2.03. The summed E-state index contributed by atoms with van der Waals surface area (Å²) in [5.74, 6) is -0.429. The maximum Gasteiger partial charge on any atom is 0.264 e. The lowest BCUT2D eigenvalue weighted by atomic mass is 10.2. The zero-order valence-corrected chi connectivity index (χ0v) is 17.7. The van der Waals surface area contributed by atoms with E-state index in [1.807, 2.05) is 0 Å². The first-order chi connectivity index (χ1) is 14.8. The molecule has 0 aliphatic heterocycles. The van der Waals surface area contributed by atoms with Gasteiger partial charge in [-0.05, 0) is 48.5 Å². The van der Waals surface area contributed by atoms with E-state index in [1.165, 1.54) is 56.7 Å². The van der Waals surface area contributed by atoms with Crippen molar-refractivity contribution in [2.24, 2.45) is 0 Å². The molecule has 0 fully saturated rings. The summed E-state index contributed by atoms with van der Waals surface area (Å²) in [4.78, 5) is 12.7. The lowest BCUT2D eigenvalue weighted by molar-refractivity contribution is -0.114. The Morgan fingerprint density at radius 2 is 1.65 bits per heavy atom. The summed E-state index contributed by atoms with van der Waals surface area (Å²) in [6.45, 7) is -0.544. The number of rotatable bonds is 8. The fourth-order valence-corrected chi connectivity index (χ4v) is 4.32. The first-order valence-corrected chi connectivity index (χ1v) is 10.6. The van der Waals surface area contributed by atoms with Crippen molar-refractivity contribution in [3.8, 4) is 11.5 Å². The maximum absolute atomic E-state index is 13.4. The monoisotopic (exact) mass is 444 g/mol. The third kappa shape index (κ3) is 5.13. The molecule has 0 unspecified atom stereocenters. The number of methoxy groups -OCH3 is 2. The third-order valence-electron chi connectivity index (χ3n) is 4.40. The average molecular weight is 444 g/mol. The number of carbonyl (C=O) groups excluding carboxylic acids is 1. The molecule has 0 saturated carbocycles. The Morgan fingerprint density at radius 1 is 0.968 bits per heavy atom. The van der Waals surface area contributed by atoms with E-state index >= 15 is 0 Å². The van der Waals surface area contributed by atoms with Gasteiger partial charge in [0.15, 0.2) is 0 Å². The summed E-state index contributed by atoms with van der Waals surface area (Å²) in [6.07, 6.45) is 0. The van der Waals surface area contributed by atoms with Gasteiger partial charge >= 0.3 is 0 Å². The van der Waals surface area contributed by atoms with Crippen LogP contribution in [0.5, 0.6) is 11.5 Å². The smallest absolute Gasteiger partial charge is 0.264 e. The summed E-state index contributed by atoms with van der Waals surface area (Å²) in [6, 6.07) is 17.6. The van der Waals surface area contributed by atoms with Crippen LogP contribution in [-0.4, -0.2) is 35.1 Å². The zero-order chi connectivity index (χ0) is 22.4. The number of nitrogens with zero attached hydrogens (tertiary/aromatic N) is 1. The highest BCUT2D eigenvalue weighted by molar-refractivity contribution is 7.92. The molecule has 162 valence electrons. The standard InChI is InChI=1S/C22H21FN2O5S/c1-29-18-12-13-21(30-2)20(14-18)25(31(27,28)19-6-4-3-5-7-19)15-22(26)24-17-10-8-16(23)9-11-17/h3-14H,15H2,1-2H3,(H,24,26). The van der Waals surface area contributed by atoms with Crippen molar-refractivity contribution in [2.45, 2.75) is 4.90 Å². The average Bonchev–Trinajstić information content (AvgIpc) is 2.79. The van der Waals surface area contributed by atoms with Crippen molar-refractivity contribution in [3.05, 3.63) is 78.6 Å². The van der Waals surface area contributed by atoms with E-state index in [4.69, 9.17) is 9.47 Å². The summed E-state index contributed by atoms with van der Waals surface area (Å²) in [5, 5.41) is 2.58. The summed E-state index contributed by atoms with van der Waals surface area (Å²) < 4.78 is 51.5. The van der Waals surface area contributed by atoms with Gasteiger partial charge in [-0.2, -0.15) is 0 Å². The molecule has 0 bridgehead atoms. The molecule has 1 amide bonds. The normalized spacial score (nSPS) is 10.9. The van der Waals surface area contributed by atoms with Crippen LogP contribution in [-0.2, 0) is 14.8 Å². The quantitative estimate of drug-likeness (QED) is 0.573. The number of hydrogen-bond donors (Lipinski definition) is 1. The minimum Gasteiger partial charge on any atom is -0.497 e. The number of carbonyl (C=O) groups is 1. The predicted molar refractivity (Wildman–Crippen MR) is 116 cm³/mol. The Labute approximate surface area is 180 Å². The number of amides is 1. The topological polar surface area (TPSA) is 84.9 Å². The van der Waals surface area contributed by atoms with Gasteiger partial charge in [-0.3, -0.25) is 9.10 Å². The largest absolute Gasteiger partial charge is 0.497 e. The first kappa shape index (κ1) is 22.1. The Kier molecular flexibility index (Phi) is 6.76. The van der Waals surface area contributed by atoms with Crippen LogP contribution in [0.2, 0.25) is 0 Å². The number of anilines is 2. The predicted octanol–water partition coefficient (Wildman–Crippen LogP) is 3.68. The van der Waals surface area contributed by atoms with Crippen LogP contribution in [0, 0.1) is 5.82 Å². The molecular formula is C22H21FN2O5S. The minimum absolute atomic E-state index is 0.00875. The molecule has 7 nitrogen and oxygen atoms in total. The van der Waals surface area contributed by atoms with Crippen molar-refractivity contribution in [1.29, 1.82) is 0 Å². The van der Waals surface area contributed by atoms with Crippen LogP contribution in [0.15, 0.2) is 77.7 Å². The zero-order valence-electron chi connectivity index (χ0n) is 16.9. The second-order valence-electron chi connectivity index (χ2n) is 6.42. The van der Waals surface area contributed by atoms with E-state index in [2.05, 4.69) is 5.32 Å². The van der Waals surface area contributed by atoms with Crippen LogP contribution in [0.25, 0.3) is 0 Å². The lowest BCUT2D eigenvalue weighted by Crippen LogP contribution is -2.38. The van der Waals surface area contributed by atoms with Crippen molar-refractivity contribution in [1.82, 2.24) is 0 Å². The third-order valence-corrected chi connectivity index (χ3v) is 6.18. The minimum atomic E-state index is -4.13. The highest BCUT2D eigenvalue weighted by Crippen LogP contribution is 2.35. The number of benzene rings is 3. The fourth-order valence-electron chi connectivity index (χ4n) is 2.88. The van der Waals surface area contributed by atoms with Gasteiger partial charge in [-0.1, -0.05) is 18.2 Å². The van der Waals surface area contributed by atoms with Crippen molar-refractivity contribution in [3.63, 3.8) is 0 Å². The number of hydrogen-bond acceptors (Lipinski definition) is 5. The van der Waals surface area contributed by atoms with Gasteiger partial charge in [0.05, 0.1) is 24.8 Å². The molecule has 3 rings (SSSR count). The molecule has 31 heavy (non-hydrogen) atoms.